The molecular weight excluding hydrogens is 490 g/mol. The third-order valence-corrected chi connectivity index (χ3v) is 7.28. The van der Waals surface area contributed by atoms with E-state index in [4.69, 9.17) is 4.74 Å². The summed E-state index contributed by atoms with van der Waals surface area (Å²) in [6.45, 7) is 13.3. The van der Waals surface area contributed by atoms with Gasteiger partial charge in [0.1, 0.15) is 5.75 Å². The van der Waals surface area contributed by atoms with E-state index < -0.39 is 0 Å². The zero-order valence-electron chi connectivity index (χ0n) is 23.2. The normalized spacial score (nSPS) is 15.2. The van der Waals surface area contributed by atoms with Crippen molar-refractivity contribution in [2.75, 3.05) is 33.7 Å². The Morgan fingerprint density at radius 1 is 1.11 bits per heavy atom. The van der Waals surface area contributed by atoms with Gasteiger partial charge in [0.2, 0.25) is 5.16 Å². The standard InChI is InChI=1S/C26H41N7O3S/c1-25(2,3)18-26(4,5)27-22(34)19-8-10-20(11-9-19)36-24(35)32-14-12-21(13-15-32)37-23-28-29-30-33(23)17-16-31(6)7/h8-11,21H,12-18H2,1-7H3,(H,27,34). The molecule has 1 aromatic heterocycles. The summed E-state index contributed by atoms with van der Waals surface area (Å²) in [6, 6.07) is 6.71. The molecule has 1 aromatic carbocycles. The van der Waals surface area contributed by atoms with E-state index in [2.05, 4.69) is 46.5 Å². The van der Waals surface area contributed by atoms with Crippen LogP contribution in [0.2, 0.25) is 0 Å². The predicted molar refractivity (Wildman–Crippen MR) is 145 cm³/mol. The first-order valence-electron chi connectivity index (χ1n) is 12.8. The van der Waals surface area contributed by atoms with Gasteiger partial charge in [-0.05, 0) is 87.3 Å². The van der Waals surface area contributed by atoms with Crippen molar-refractivity contribution in [1.29, 1.82) is 0 Å². The zero-order valence-corrected chi connectivity index (χ0v) is 24.0. The Kier molecular flexibility index (Phi) is 9.57. The molecular formula is C26H41N7O3S. The molecule has 10 nitrogen and oxygen atoms in total. The minimum absolute atomic E-state index is 0.102. The minimum atomic E-state index is -0.372. The van der Waals surface area contributed by atoms with E-state index >= 15 is 0 Å². The number of hydrogen-bond donors (Lipinski definition) is 1. The van der Waals surface area contributed by atoms with Crippen LogP contribution in [0.4, 0.5) is 4.79 Å². The van der Waals surface area contributed by atoms with Crippen molar-refractivity contribution >= 4 is 23.8 Å². The molecule has 1 aliphatic rings. The number of piperidine rings is 1. The van der Waals surface area contributed by atoms with Gasteiger partial charge in [0, 0.05) is 36.0 Å². The van der Waals surface area contributed by atoms with Crippen molar-refractivity contribution in [3.8, 4) is 5.75 Å². The lowest BCUT2D eigenvalue weighted by molar-refractivity contribution is 0.0891. The van der Waals surface area contributed by atoms with Crippen molar-refractivity contribution in [2.45, 2.75) is 76.4 Å². The predicted octanol–water partition coefficient (Wildman–Crippen LogP) is 3.93. The molecule has 0 bridgehead atoms. The SMILES string of the molecule is CN(C)CCn1nnnc1SC1CCN(C(=O)Oc2ccc(C(=O)NC(C)(C)CC(C)(C)C)cc2)CC1. The number of amides is 2. The Labute approximate surface area is 224 Å². The molecule has 0 unspecified atom stereocenters. The van der Waals surface area contributed by atoms with Gasteiger partial charge in [-0.15, -0.1) is 5.10 Å². The minimum Gasteiger partial charge on any atom is -0.410 e. The van der Waals surface area contributed by atoms with Crippen LogP contribution in [-0.4, -0.2) is 86.5 Å². The first-order chi connectivity index (χ1) is 17.3. The van der Waals surface area contributed by atoms with Gasteiger partial charge >= 0.3 is 6.09 Å². The summed E-state index contributed by atoms with van der Waals surface area (Å²) in [6.07, 6.45) is 2.15. The second kappa shape index (κ2) is 12.3. The number of thioether (sulfide) groups is 1. The van der Waals surface area contributed by atoms with Crippen molar-refractivity contribution in [3.63, 3.8) is 0 Å². The smallest absolute Gasteiger partial charge is 0.410 e. The van der Waals surface area contributed by atoms with Crippen molar-refractivity contribution in [2.24, 2.45) is 5.41 Å². The number of nitrogens with zero attached hydrogens (tertiary/aromatic N) is 6. The molecule has 37 heavy (non-hydrogen) atoms. The Bertz CT molecular complexity index is 1040. The Morgan fingerprint density at radius 3 is 2.35 bits per heavy atom. The summed E-state index contributed by atoms with van der Waals surface area (Å²) in [5, 5.41) is 16.3. The molecule has 0 aliphatic carbocycles. The zero-order chi connectivity index (χ0) is 27.2. The van der Waals surface area contributed by atoms with Crippen molar-refractivity contribution in [1.82, 2.24) is 35.3 Å². The fourth-order valence-electron chi connectivity index (χ4n) is 4.61. The van der Waals surface area contributed by atoms with E-state index in [0.717, 1.165) is 37.5 Å². The number of likely N-dealkylation sites (tertiary alicyclic amines) is 1. The molecule has 3 rings (SSSR count). The number of aromatic nitrogens is 4. The summed E-state index contributed by atoms with van der Waals surface area (Å²) in [5.41, 5.74) is 0.306. The van der Waals surface area contributed by atoms with Crippen LogP contribution in [0, 0.1) is 5.41 Å². The topological polar surface area (TPSA) is 105 Å². The van der Waals surface area contributed by atoms with Crippen molar-refractivity contribution < 1.29 is 14.3 Å². The maximum atomic E-state index is 12.7. The van der Waals surface area contributed by atoms with Crippen LogP contribution in [0.5, 0.6) is 5.75 Å². The van der Waals surface area contributed by atoms with Gasteiger partial charge in [-0.2, -0.15) is 0 Å². The number of benzene rings is 1. The van der Waals surface area contributed by atoms with E-state index in [9.17, 15) is 9.59 Å². The van der Waals surface area contributed by atoms with E-state index in [1.54, 1.807) is 40.9 Å². The van der Waals surface area contributed by atoms with Crippen LogP contribution >= 0.6 is 11.8 Å². The monoisotopic (exact) mass is 531 g/mol. The highest BCUT2D eigenvalue weighted by molar-refractivity contribution is 7.99. The third kappa shape index (κ3) is 9.30. The number of hydrogen-bond acceptors (Lipinski definition) is 8. The average Bonchev–Trinajstić information content (AvgIpc) is 3.23. The number of carbonyl (C=O) groups excluding carboxylic acids is 2. The van der Waals surface area contributed by atoms with Crippen LogP contribution < -0.4 is 10.1 Å². The van der Waals surface area contributed by atoms with Crippen LogP contribution in [0.15, 0.2) is 29.4 Å². The Morgan fingerprint density at radius 2 is 1.76 bits per heavy atom. The van der Waals surface area contributed by atoms with Gasteiger partial charge in [0.05, 0.1) is 6.54 Å². The van der Waals surface area contributed by atoms with E-state index in [1.807, 2.05) is 32.6 Å². The second-order valence-electron chi connectivity index (χ2n) is 11.8. The van der Waals surface area contributed by atoms with Crippen LogP contribution in [0.25, 0.3) is 0 Å². The number of nitrogens with one attached hydrogen (secondary N) is 1. The number of ether oxygens (including phenoxy) is 1. The molecule has 0 spiro atoms. The Balaban J connectivity index is 1.46. The highest BCUT2D eigenvalue weighted by Crippen LogP contribution is 2.29. The molecule has 1 aliphatic heterocycles. The summed E-state index contributed by atoms with van der Waals surface area (Å²) < 4.78 is 7.41. The Hall–Kier alpha value is -2.66. The lowest BCUT2D eigenvalue weighted by Crippen LogP contribution is -2.45. The highest BCUT2D eigenvalue weighted by Gasteiger charge is 2.28. The van der Waals surface area contributed by atoms with E-state index in [-0.39, 0.29) is 23.0 Å². The summed E-state index contributed by atoms with van der Waals surface area (Å²) in [7, 11) is 4.04. The van der Waals surface area contributed by atoms with Crippen LogP contribution in [-0.2, 0) is 6.54 Å². The third-order valence-electron chi connectivity index (χ3n) is 5.98. The quantitative estimate of drug-likeness (QED) is 0.519. The van der Waals surface area contributed by atoms with E-state index in [1.165, 1.54) is 0 Å². The first kappa shape index (κ1) is 28.9. The fourth-order valence-corrected chi connectivity index (χ4v) is 5.69. The summed E-state index contributed by atoms with van der Waals surface area (Å²) in [4.78, 5) is 29.2. The van der Waals surface area contributed by atoms with Gasteiger partial charge < -0.3 is 19.9 Å². The van der Waals surface area contributed by atoms with Gasteiger partial charge in [-0.3, -0.25) is 4.79 Å². The van der Waals surface area contributed by atoms with Crippen LogP contribution in [0.3, 0.4) is 0 Å². The molecule has 1 saturated heterocycles. The number of carbonyl (C=O) groups is 2. The molecule has 11 heteroatoms. The molecule has 2 aromatic rings. The molecule has 204 valence electrons. The van der Waals surface area contributed by atoms with Gasteiger partial charge in [-0.1, -0.05) is 32.5 Å². The molecule has 2 amide bonds. The van der Waals surface area contributed by atoms with Gasteiger partial charge in [0.25, 0.3) is 5.91 Å². The van der Waals surface area contributed by atoms with Gasteiger partial charge in [-0.25, -0.2) is 9.48 Å². The summed E-state index contributed by atoms with van der Waals surface area (Å²) in [5.74, 6) is 0.284. The fraction of sp³-hybridized carbons (Fsp3) is 0.654. The number of tetrazole rings is 1. The van der Waals surface area contributed by atoms with Crippen LogP contribution in [0.1, 0.15) is 64.2 Å². The maximum absolute atomic E-state index is 12.7. The lowest BCUT2D eigenvalue weighted by atomic mass is 9.81. The molecule has 2 heterocycles. The molecule has 0 saturated carbocycles. The average molecular weight is 532 g/mol. The largest absolute Gasteiger partial charge is 0.415 e. The van der Waals surface area contributed by atoms with Crippen molar-refractivity contribution in [3.05, 3.63) is 29.8 Å². The molecule has 1 fully saturated rings. The number of likely N-dealkylation sites (N-methyl/N-ethyl adjacent to an activating group) is 1. The maximum Gasteiger partial charge on any atom is 0.415 e. The van der Waals surface area contributed by atoms with E-state index in [0.29, 0.717) is 29.7 Å². The summed E-state index contributed by atoms with van der Waals surface area (Å²) >= 11 is 1.67. The second-order valence-corrected chi connectivity index (χ2v) is 13.0. The highest BCUT2D eigenvalue weighted by atomic mass is 32.2. The molecule has 0 radical (unpaired) electrons. The first-order valence-corrected chi connectivity index (χ1v) is 13.7. The molecule has 0 atom stereocenters. The molecule has 1 N–H and O–H groups in total. The number of rotatable bonds is 9. The van der Waals surface area contributed by atoms with Gasteiger partial charge in [0.15, 0.2) is 0 Å². The lowest BCUT2D eigenvalue weighted by Gasteiger charge is -2.33.